The summed E-state index contributed by atoms with van der Waals surface area (Å²) in [6, 6.07) is 1.93. The van der Waals surface area contributed by atoms with Crippen molar-refractivity contribution in [3.05, 3.63) is 24.0 Å². The Labute approximate surface area is 102 Å². The highest BCUT2D eigenvalue weighted by Crippen LogP contribution is 2.23. The standard InChI is InChI=1S/C14H18N2O/c15-8-4-5-12-9-14(11-16-10-12)17-13-6-2-1-3-7-13/h9-11,13H,1-3,6-8,15H2. The zero-order valence-electron chi connectivity index (χ0n) is 9.98. The van der Waals surface area contributed by atoms with Crippen molar-refractivity contribution < 1.29 is 4.74 Å². The second-order valence-electron chi connectivity index (χ2n) is 4.29. The summed E-state index contributed by atoms with van der Waals surface area (Å²) in [5.74, 6) is 6.60. The molecule has 1 aliphatic carbocycles. The first-order valence-corrected chi connectivity index (χ1v) is 6.19. The molecule has 0 atom stereocenters. The first kappa shape index (κ1) is 11.9. The van der Waals surface area contributed by atoms with Crippen molar-refractivity contribution in [1.29, 1.82) is 0 Å². The number of nitrogens with two attached hydrogens (primary N) is 1. The Bertz CT molecular complexity index is 414. The summed E-state index contributed by atoms with van der Waals surface area (Å²) in [5.41, 5.74) is 6.20. The van der Waals surface area contributed by atoms with Crippen LogP contribution in [0.1, 0.15) is 37.7 Å². The average molecular weight is 230 g/mol. The van der Waals surface area contributed by atoms with Crippen molar-refractivity contribution in [1.82, 2.24) is 4.98 Å². The molecular weight excluding hydrogens is 212 g/mol. The molecular formula is C14H18N2O. The molecule has 0 bridgehead atoms. The maximum Gasteiger partial charge on any atom is 0.139 e. The van der Waals surface area contributed by atoms with E-state index < -0.39 is 0 Å². The predicted molar refractivity (Wildman–Crippen MR) is 67.7 cm³/mol. The van der Waals surface area contributed by atoms with Crippen LogP contribution in [0.5, 0.6) is 5.75 Å². The van der Waals surface area contributed by atoms with Gasteiger partial charge in [0, 0.05) is 11.8 Å². The van der Waals surface area contributed by atoms with E-state index in [0.717, 1.165) is 24.2 Å². The smallest absolute Gasteiger partial charge is 0.139 e. The lowest BCUT2D eigenvalue weighted by Gasteiger charge is -2.22. The Morgan fingerprint density at radius 1 is 1.29 bits per heavy atom. The van der Waals surface area contributed by atoms with Crippen LogP contribution >= 0.6 is 0 Å². The van der Waals surface area contributed by atoms with E-state index in [1.54, 1.807) is 12.4 Å². The van der Waals surface area contributed by atoms with E-state index in [0.29, 0.717) is 12.6 Å². The summed E-state index contributed by atoms with van der Waals surface area (Å²) in [6.07, 6.45) is 10.0. The maximum absolute atomic E-state index is 5.91. The largest absolute Gasteiger partial charge is 0.489 e. The highest BCUT2D eigenvalue weighted by Gasteiger charge is 2.14. The Hall–Kier alpha value is -1.53. The van der Waals surface area contributed by atoms with Gasteiger partial charge in [-0.25, -0.2) is 0 Å². The van der Waals surface area contributed by atoms with Crippen LogP contribution in [0.3, 0.4) is 0 Å². The molecule has 1 aromatic heterocycles. The first-order valence-electron chi connectivity index (χ1n) is 6.19. The van der Waals surface area contributed by atoms with Crippen molar-refractivity contribution in [3.8, 4) is 17.6 Å². The summed E-state index contributed by atoms with van der Waals surface area (Å²) < 4.78 is 5.91. The van der Waals surface area contributed by atoms with Gasteiger partial charge in [-0.05, 0) is 31.7 Å². The first-order chi connectivity index (χ1) is 8.38. The summed E-state index contributed by atoms with van der Waals surface area (Å²) >= 11 is 0. The highest BCUT2D eigenvalue weighted by molar-refractivity contribution is 5.36. The van der Waals surface area contributed by atoms with Crippen molar-refractivity contribution in [2.75, 3.05) is 6.54 Å². The number of nitrogens with zero attached hydrogens (tertiary/aromatic N) is 1. The lowest BCUT2D eigenvalue weighted by Crippen LogP contribution is -2.19. The number of pyridine rings is 1. The molecule has 0 unspecified atom stereocenters. The highest BCUT2D eigenvalue weighted by atomic mass is 16.5. The van der Waals surface area contributed by atoms with Gasteiger partial charge < -0.3 is 10.5 Å². The second-order valence-corrected chi connectivity index (χ2v) is 4.29. The fourth-order valence-electron chi connectivity index (χ4n) is 2.08. The van der Waals surface area contributed by atoms with E-state index in [4.69, 9.17) is 10.5 Å². The van der Waals surface area contributed by atoms with Crippen LogP contribution in [0, 0.1) is 11.8 Å². The molecule has 0 aliphatic heterocycles. The van der Waals surface area contributed by atoms with Crippen LogP contribution in [0.25, 0.3) is 0 Å². The van der Waals surface area contributed by atoms with E-state index in [9.17, 15) is 0 Å². The van der Waals surface area contributed by atoms with Crippen LogP contribution < -0.4 is 10.5 Å². The third-order valence-electron chi connectivity index (χ3n) is 2.90. The lowest BCUT2D eigenvalue weighted by atomic mass is 9.98. The molecule has 1 aliphatic rings. The molecule has 3 nitrogen and oxygen atoms in total. The normalized spacial score (nSPS) is 16.1. The van der Waals surface area contributed by atoms with Crippen molar-refractivity contribution >= 4 is 0 Å². The van der Waals surface area contributed by atoms with Gasteiger partial charge in [0.25, 0.3) is 0 Å². The van der Waals surface area contributed by atoms with Crippen LogP contribution in [0.15, 0.2) is 18.5 Å². The molecule has 0 spiro atoms. The Morgan fingerprint density at radius 2 is 2.12 bits per heavy atom. The molecule has 17 heavy (non-hydrogen) atoms. The van der Waals surface area contributed by atoms with Crippen molar-refractivity contribution in [2.45, 2.75) is 38.2 Å². The molecule has 1 aromatic rings. The quantitative estimate of drug-likeness (QED) is 0.791. The molecule has 0 aromatic carbocycles. The summed E-state index contributed by atoms with van der Waals surface area (Å²) in [5, 5.41) is 0. The van der Waals surface area contributed by atoms with E-state index in [2.05, 4.69) is 16.8 Å². The molecule has 1 fully saturated rings. The molecule has 0 saturated heterocycles. The number of aromatic nitrogens is 1. The minimum Gasteiger partial charge on any atom is -0.489 e. The average Bonchev–Trinajstić information content (AvgIpc) is 2.38. The van der Waals surface area contributed by atoms with Gasteiger partial charge >= 0.3 is 0 Å². The van der Waals surface area contributed by atoms with Crippen LogP contribution in [0.2, 0.25) is 0 Å². The van der Waals surface area contributed by atoms with E-state index in [1.807, 2.05) is 6.07 Å². The zero-order chi connectivity index (χ0) is 11.9. The van der Waals surface area contributed by atoms with Crippen LogP contribution in [0.4, 0.5) is 0 Å². The monoisotopic (exact) mass is 230 g/mol. The zero-order valence-corrected chi connectivity index (χ0v) is 9.98. The number of hydrogen-bond donors (Lipinski definition) is 1. The van der Waals surface area contributed by atoms with E-state index >= 15 is 0 Å². The van der Waals surface area contributed by atoms with Gasteiger partial charge in [-0.3, -0.25) is 4.98 Å². The fraction of sp³-hybridized carbons (Fsp3) is 0.500. The maximum atomic E-state index is 5.91. The van der Waals surface area contributed by atoms with Crippen LogP contribution in [-0.2, 0) is 0 Å². The minimum absolute atomic E-state index is 0.350. The Balaban J connectivity index is 2.00. The minimum atomic E-state index is 0.350. The fourth-order valence-corrected chi connectivity index (χ4v) is 2.08. The predicted octanol–water partition coefficient (Wildman–Crippen LogP) is 2.10. The van der Waals surface area contributed by atoms with Gasteiger partial charge in [0.1, 0.15) is 5.75 Å². The molecule has 2 N–H and O–H groups in total. The van der Waals surface area contributed by atoms with Gasteiger partial charge in [0.15, 0.2) is 0 Å². The van der Waals surface area contributed by atoms with Gasteiger partial charge in [-0.2, -0.15) is 0 Å². The lowest BCUT2D eigenvalue weighted by molar-refractivity contribution is 0.154. The van der Waals surface area contributed by atoms with Crippen molar-refractivity contribution in [3.63, 3.8) is 0 Å². The third-order valence-corrected chi connectivity index (χ3v) is 2.90. The molecule has 0 amide bonds. The van der Waals surface area contributed by atoms with Crippen molar-refractivity contribution in [2.24, 2.45) is 5.73 Å². The molecule has 1 saturated carbocycles. The molecule has 0 radical (unpaired) electrons. The SMILES string of the molecule is NCC#Cc1cncc(OC2CCCCC2)c1. The molecule has 2 rings (SSSR count). The van der Waals surface area contributed by atoms with E-state index in [1.165, 1.54) is 19.3 Å². The summed E-state index contributed by atoms with van der Waals surface area (Å²) in [6.45, 7) is 0.369. The number of ether oxygens (including phenoxy) is 1. The summed E-state index contributed by atoms with van der Waals surface area (Å²) in [7, 11) is 0. The number of hydrogen-bond acceptors (Lipinski definition) is 3. The Kier molecular flexibility index (Phi) is 4.40. The molecule has 90 valence electrons. The van der Waals surface area contributed by atoms with Crippen LogP contribution in [-0.4, -0.2) is 17.6 Å². The molecule has 1 heterocycles. The topological polar surface area (TPSA) is 48.1 Å². The Morgan fingerprint density at radius 3 is 2.88 bits per heavy atom. The summed E-state index contributed by atoms with van der Waals surface area (Å²) in [4.78, 5) is 4.13. The van der Waals surface area contributed by atoms with Gasteiger partial charge in [-0.15, -0.1) is 0 Å². The molecule has 3 heteroatoms. The third kappa shape index (κ3) is 3.76. The van der Waals surface area contributed by atoms with Gasteiger partial charge in [-0.1, -0.05) is 18.3 Å². The van der Waals surface area contributed by atoms with Gasteiger partial charge in [0.2, 0.25) is 0 Å². The second kappa shape index (κ2) is 6.27. The van der Waals surface area contributed by atoms with E-state index in [-0.39, 0.29) is 0 Å². The van der Waals surface area contributed by atoms with Gasteiger partial charge in [0.05, 0.1) is 18.8 Å². The number of rotatable bonds is 2.